The molecule has 0 atom stereocenters. The zero-order valence-electron chi connectivity index (χ0n) is 16.3. The predicted octanol–water partition coefficient (Wildman–Crippen LogP) is 5.10. The molecule has 0 spiro atoms. The van der Waals surface area contributed by atoms with Gasteiger partial charge in [0.25, 0.3) is 5.91 Å². The fraction of sp³-hybridized carbons (Fsp3) is 0.273. The van der Waals surface area contributed by atoms with Gasteiger partial charge in [0.2, 0.25) is 5.91 Å². The Morgan fingerprint density at radius 3 is 2.19 bits per heavy atom. The second kappa shape index (κ2) is 8.40. The van der Waals surface area contributed by atoms with Crippen molar-refractivity contribution in [2.75, 3.05) is 5.32 Å². The summed E-state index contributed by atoms with van der Waals surface area (Å²) in [6, 6.07) is 12.8. The molecule has 0 aliphatic heterocycles. The average Bonchev–Trinajstić information content (AvgIpc) is 2.57. The topological polar surface area (TPSA) is 58.2 Å². The van der Waals surface area contributed by atoms with Gasteiger partial charge >= 0.3 is 0 Å². The molecule has 5 heteroatoms. The summed E-state index contributed by atoms with van der Waals surface area (Å²) in [6.45, 7) is 9.31. The fourth-order valence-electron chi connectivity index (χ4n) is 2.34. The van der Waals surface area contributed by atoms with Gasteiger partial charge in [-0.3, -0.25) is 9.59 Å². The largest absolute Gasteiger partial charge is 0.321 e. The van der Waals surface area contributed by atoms with E-state index in [2.05, 4.69) is 10.6 Å². The van der Waals surface area contributed by atoms with Gasteiger partial charge < -0.3 is 10.6 Å². The van der Waals surface area contributed by atoms with Crippen molar-refractivity contribution in [2.24, 2.45) is 5.41 Å². The van der Waals surface area contributed by atoms with Gasteiger partial charge in [0.15, 0.2) is 0 Å². The van der Waals surface area contributed by atoms with Gasteiger partial charge in [0.05, 0.1) is 0 Å². The quantitative estimate of drug-likeness (QED) is 0.720. The van der Waals surface area contributed by atoms with Crippen molar-refractivity contribution in [3.8, 4) is 0 Å². The molecule has 27 heavy (non-hydrogen) atoms. The first-order valence-corrected chi connectivity index (χ1v) is 9.11. The van der Waals surface area contributed by atoms with Crippen LogP contribution in [-0.4, -0.2) is 11.8 Å². The molecule has 4 nitrogen and oxygen atoms in total. The van der Waals surface area contributed by atoms with Gasteiger partial charge in [-0.1, -0.05) is 62.2 Å². The highest BCUT2D eigenvalue weighted by atomic mass is 35.5. The Hall–Kier alpha value is -2.59. The first-order chi connectivity index (χ1) is 12.6. The number of rotatable bonds is 4. The van der Waals surface area contributed by atoms with Crippen molar-refractivity contribution < 1.29 is 9.59 Å². The van der Waals surface area contributed by atoms with E-state index in [1.807, 2.05) is 32.0 Å². The first kappa shape index (κ1) is 20.7. The molecule has 2 aromatic carbocycles. The number of carbonyl (C=O) groups is 2. The van der Waals surface area contributed by atoms with Crippen LogP contribution in [0.25, 0.3) is 6.08 Å². The van der Waals surface area contributed by atoms with Crippen LogP contribution in [-0.2, 0) is 9.59 Å². The van der Waals surface area contributed by atoms with Crippen LogP contribution in [0.5, 0.6) is 0 Å². The van der Waals surface area contributed by atoms with Gasteiger partial charge in [0, 0.05) is 16.1 Å². The smallest absolute Gasteiger partial charge is 0.272 e. The lowest BCUT2D eigenvalue weighted by Gasteiger charge is -2.19. The third kappa shape index (κ3) is 5.97. The van der Waals surface area contributed by atoms with Crippen molar-refractivity contribution in [1.29, 1.82) is 0 Å². The van der Waals surface area contributed by atoms with Crippen LogP contribution in [0.3, 0.4) is 0 Å². The molecular weight excluding hydrogens is 360 g/mol. The third-order valence-electron chi connectivity index (χ3n) is 3.99. The van der Waals surface area contributed by atoms with E-state index in [9.17, 15) is 9.59 Å². The van der Waals surface area contributed by atoms with Crippen LogP contribution in [0, 0.1) is 19.3 Å². The summed E-state index contributed by atoms with van der Waals surface area (Å²) >= 11 is 5.92. The molecule has 0 unspecified atom stereocenters. The van der Waals surface area contributed by atoms with E-state index >= 15 is 0 Å². The summed E-state index contributed by atoms with van der Waals surface area (Å²) in [5, 5.41) is 6.23. The fourth-order valence-corrected chi connectivity index (χ4v) is 2.46. The van der Waals surface area contributed by atoms with E-state index < -0.39 is 5.41 Å². The van der Waals surface area contributed by atoms with Gasteiger partial charge in [-0.2, -0.15) is 0 Å². The van der Waals surface area contributed by atoms with E-state index in [0.29, 0.717) is 10.7 Å². The molecule has 0 aliphatic carbocycles. The summed E-state index contributed by atoms with van der Waals surface area (Å²) in [7, 11) is 0. The molecule has 2 rings (SSSR count). The Bertz CT molecular complexity index is 878. The molecule has 2 aromatic rings. The molecule has 0 aromatic heterocycles. The monoisotopic (exact) mass is 384 g/mol. The molecule has 2 amide bonds. The Kier molecular flexibility index (Phi) is 6.45. The van der Waals surface area contributed by atoms with Crippen LogP contribution >= 0.6 is 11.6 Å². The van der Waals surface area contributed by atoms with E-state index in [4.69, 9.17) is 11.6 Å². The molecule has 0 aliphatic rings. The molecule has 2 N–H and O–H groups in total. The number of halogens is 1. The third-order valence-corrected chi connectivity index (χ3v) is 4.24. The maximum atomic E-state index is 12.9. The average molecular weight is 385 g/mol. The molecule has 0 radical (unpaired) electrons. The zero-order valence-corrected chi connectivity index (χ0v) is 17.1. The summed E-state index contributed by atoms with van der Waals surface area (Å²) in [6.07, 6.45) is 1.64. The number of amides is 2. The normalized spacial score (nSPS) is 11.9. The van der Waals surface area contributed by atoms with Crippen LogP contribution in [0.2, 0.25) is 5.02 Å². The van der Waals surface area contributed by atoms with E-state index in [1.165, 1.54) is 0 Å². The number of benzene rings is 2. The van der Waals surface area contributed by atoms with Crippen LogP contribution in [0.4, 0.5) is 5.69 Å². The SMILES string of the molecule is Cc1ccc(NC(=O)/C(=C\c2ccc(Cl)cc2)NC(=O)C(C)(C)C)c(C)c1. The molecule has 0 heterocycles. The molecule has 0 bridgehead atoms. The Labute approximate surface area is 165 Å². The minimum Gasteiger partial charge on any atom is -0.321 e. The highest BCUT2D eigenvalue weighted by Crippen LogP contribution is 2.19. The number of hydrogen-bond donors (Lipinski definition) is 2. The number of carbonyl (C=O) groups excluding carboxylic acids is 2. The highest BCUT2D eigenvalue weighted by Gasteiger charge is 2.24. The molecule has 0 saturated heterocycles. The minimum atomic E-state index is -0.626. The predicted molar refractivity (Wildman–Crippen MR) is 112 cm³/mol. The number of hydrogen-bond acceptors (Lipinski definition) is 2. The Balaban J connectivity index is 2.34. The number of nitrogens with one attached hydrogen (secondary N) is 2. The lowest BCUT2D eigenvalue weighted by Crippen LogP contribution is -2.38. The van der Waals surface area contributed by atoms with Gasteiger partial charge in [-0.05, 0) is 49.2 Å². The minimum absolute atomic E-state index is 0.178. The van der Waals surface area contributed by atoms with Crippen molar-refractivity contribution in [3.05, 3.63) is 69.9 Å². The van der Waals surface area contributed by atoms with E-state index in [1.54, 1.807) is 51.1 Å². The van der Waals surface area contributed by atoms with Crippen molar-refractivity contribution in [3.63, 3.8) is 0 Å². The summed E-state index contributed by atoms with van der Waals surface area (Å²) in [5.41, 5.74) is 3.09. The van der Waals surface area contributed by atoms with Crippen molar-refractivity contribution in [1.82, 2.24) is 5.32 Å². The molecule has 0 fully saturated rings. The lowest BCUT2D eigenvalue weighted by atomic mass is 9.95. The van der Waals surface area contributed by atoms with Crippen molar-refractivity contribution in [2.45, 2.75) is 34.6 Å². The van der Waals surface area contributed by atoms with Crippen LogP contribution in [0.15, 0.2) is 48.2 Å². The first-order valence-electron chi connectivity index (χ1n) is 8.73. The van der Waals surface area contributed by atoms with Crippen LogP contribution in [0.1, 0.15) is 37.5 Å². The van der Waals surface area contributed by atoms with Crippen LogP contribution < -0.4 is 10.6 Å². The number of aryl methyl sites for hydroxylation is 2. The molecule has 142 valence electrons. The van der Waals surface area contributed by atoms with E-state index in [0.717, 1.165) is 16.7 Å². The second-order valence-electron chi connectivity index (χ2n) is 7.59. The number of anilines is 1. The molecule has 0 saturated carbocycles. The second-order valence-corrected chi connectivity index (χ2v) is 8.02. The van der Waals surface area contributed by atoms with Crippen molar-refractivity contribution >= 4 is 35.2 Å². The molecular formula is C22H25ClN2O2. The lowest BCUT2D eigenvalue weighted by molar-refractivity contribution is -0.128. The Morgan fingerprint density at radius 2 is 1.63 bits per heavy atom. The maximum absolute atomic E-state index is 12.9. The Morgan fingerprint density at radius 1 is 1.00 bits per heavy atom. The summed E-state index contributed by atoms with van der Waals surface area (Å²) in [5.74, 6) is -0.618. The summed E-state index contributed by atoms with van der Waals surface area (Å²) in [4.78, 5) is 25.3. The summed E-state index contributed by atoms with van der Waals surface area (Å²) < 4.78 is 0. The maximum Gasteiger partial charge on any atom is 0.272 e. The highest BCUT2D eigenvalue weighted by molar-refractivity contribution is 6.30. The van der Waals surface area contributed by atoms with E-state index in [-0.39, 0.29) is 17.5 Å². The van der Waals surface area contributed by atoms with Gasteiger partial charge in [-0.25, -0.2) is 0 Å². The van der Waals surface area contributed by atoms with Gasteiger partial charge in [-0.15, -0.1) is 0 Å². The van der Waals surface area contributed by atoms with Gasteiger partial charge in [0.1, 0.15) is 5.70 Å². The standard InChI is InChI=1S/C22H25ClN2O2/c1-14-6-11-18(15(2)12-14)24-20(26)19(25-21(27)22(3,4)5)13-16-7-9-17(23)10-8-16/h6-13H,1-5H3,(H,24,26)(H,25,27)/b19-13+. The zero-order chi connectivity index (χ0) is 20.2.